The zero-order valence-electron chi connectivity index (χ0n) is 26.8. The summed E-state index contributed by atoms with van der Waals surface area (Å²) in [5.74, 6) is -1.68. The molecule has 0 bridgehead atoms. The predicted octanol–water partition coefficient (Wildman–Crippen LogP) is -1.22. The van der Waals surface area contributed by atoms with E-state index in [1.54, 1.807) is 6.92 Å². The molecule has 1 amide bonds. The minimum Gasteiger partial charge on any atom is -0.479 e. The smallest absolute Gasteiger partial charge is 0.332 e. The zero-order chi connectivity index (χ0) is 33.5. The number of hydrogen-bond acceptors (Lipinski definition) is 13. The van der Waals surface area contributed by atoms with Gasteiger partial charge in [0.1, 0.15) is 48.8 Å². The number of carboxylic acid groups (broad SMARTS) is 1. The van der Waals surface area contributed by atoms with E-state index in [0.29, 0.717) is 6.42 Å². The topological polar surface area (TPSA) is 240 Å². The highest BCUT2D eigenvalue weighted by Crippen LogP contribution is 2.35. The minimum absolute atomic E-state index is 0.0220. The number of nitrogens with one attached hydrogen (secondary N) is 1. The van der Waals surface area contributed by atoms with Crippen LogP contribution in [0.25, 0.3) is 0 Å². The first-order chi connectivity index (χ1) is 21.9. The lowest BCUT2D eigenvalue weighted by Crippen LogP contribution is -2.67. The van der Waals surface area contributed by atoms with E-state index in [1.165, 1.54) is 0 Å². The van der Waals surface area contributed by atoms with E-state index in [9.17, 15) is 40.2 Å². The Kier molecular flexibility index (Phi) is 14.0. The van der Waals surface area contributed by atoms with Gasteiger partial charge in [0, 0.05) is 0 Å². The molecule has 0 aromatic heterocycles. The molecule has 46 heavy (non-hydrogen) atoms. The van der Waals surface area contributed by atoms with Crippen molar-refractivity contribution in [2.75, 3.05) is 19.8 Å². The summed E-state index contributed by atoms with van der Waals surface area (Å²) in [4.78, 5) is 25.0. The third-order valence-electron chi connectivity index (χ3n) is 10.0. The molecule has 0 aromatic carbocycles. The summed E-state index contributed by atoms with van der Waals surface area (Å²) in [7, 11) is 0. The molecule has 0 aromatic rings. The van der Waals surface area contributed by atoms with Gasteiger partial charge in [-0.15, -0.1) is 0 Å². The number of rotatable bonds is 13. The Hall–Kier alpha value is -1.50. The van der Waals surface area contributed by atoms with Crippen molar-refractivity contribution < 1.29 is 63.9 Å². The lowest BCUT2D eigenvalue weighted by Gasteiger charge is -2.47. The highest BCUT2D eigenvalue weighted by atomic mass is 16.7. The predicted molar refractivity (Wildman–Crippen MR) is 160 cm³/mol. The number of carbonyl (C=O) groups is 2. The van der Waals surface area contributed by atoms with Crippen molar-refractivity contribution in [3.8, 4) is 0 Å². The molecule has 5 unspecified atom stereocenters. The van der Waals surface area contributed by atoms with Crippen LogP contribution in [-0.2, 0) is 33.3 Å². The molecule has 0 radical (unpaired) electrons. The van der Waals surface area contributed by atoms with Gasteiger partial charge in [-0.1, -0.05) is 45.4 Å². The Labute approximate surface area is 269 Å². The van der Waals surface area contributed by atoms with Crippen LogP contribution in [0.15, 0.2) is 0 Å². The first-order valence-electron chi connectivity index (χ1n) is 16.7. The van der Waals surface area contributed by atoms with Crippen molar-refractivity contribution in [2.24, 2.45) is 17.6 Å². The highest BCUT2D eigenvalue weighted by molar-refractivity contribution is 5.78. The largest absolute Gasteiger partial charge is 0.479 e. The molecule has 15 heteroatoms. The van der Waals surface area contributed by atoms with Crippen LogP contribution in [0.2, 0.25) is 0 Å². The monoisotopic (exact) mass is 662 g/mol. The second kappa shape index (κ2) is 17.2. The van der Waals surface area contributed by atoms with Crippen molar-refractivity contribution in [1.29, 1.82) is 0 Å². The molecular weight excluding hydrogens is 608 g/mol. The fourth-order valence-corrected chi connectivity index (χ4v) is 7.28. The number of aliphatic carboxylic acids is 1. The van der Waals surface area contributed by atoms with Gasteiger partial charge in [-0.2, -0.15) is 0 Å². The van der Waals surface area contributed by atoms with Crippen molar-refractivity contribution in [2.45, 2.75) is 151 Å². The van der Waals surface area contributed by atoms with Crippen LogP contribution >= 0.6 is 0 Å². The maximum absolute atomic E-state index is 12.6. The highest BCUT2D eigenvalue weighted by Gasteiger charge is 2.51. The second-order valence-corrected chi connectivity index (χ2v) is 13.4. The van der Waals surface area contributed by atoms with Gasteiger partial charge in [0.05, 0.1) is 38.1 Å². The van der Waals surface area contributed by atoms with Gasteiger partial charge in [-0.05, 0) is 38.0 Å². The zero-order valence-corrected chi connectivity index (χ0v) is 26.8. The maximum Gasteiger partial charge on any atom is 0.332 e. The van der Waals surface area contributed by atoms with Gasteiger partial charge in [0.25, 0.3) is 0 Å². The van der Waals surface area contributed by atoms with Gasteiger partial charge in [-0.3, -0.25) is 4.79 Å². The summed E-state index contributed by atoms with van der Waals surface area (Å²) in [6.07, 6.45) is -6.16. The van der Waals surface area contributed by atoms with E-state index in [0.717, 1.165) is 44.9 Å². The third-order valence-corrected chi connectivity index (χ3v) is 10.0. The molecule has 9 N–H and O–H groups in total. The molecular formula is C31H54N2O13. The lowest BCUT2D eigenvalue weighted by atomic mass is 9.85. The average Bonchev–Trinajstić information content (AvgIpc) is 3.04. The summed E-state index contributed by atoms with van der Waals surface area (Å²) >= 11 is 0. The van der Waals surface area contributed by atoms with E-state index in [4.69, 9.17) is 29.4 Å². The summed E-state index contributed by atoms with van der Waals surface area (Å²) in [6.45, 7) is 2.45. The van der Waals surface area contributed by atoms with Crippen LogP contribution < -0.4 is 11.1 Å². The van der Waals surface area contributed by atoms with E-state index < -0.39 is 105 Å². The number of carboxylic acids is 1. The molecule has 2 saturated heterocycles. The third kappa shape index (κ3) is 9.14. The van der Waals surface area contributed by atoms with Crippen LogP contribution in [0.3, 0.4) is 0 Å². The van der Waals surface area contributed by atoms with Crippen molar-refractivity contribution >= 4 is 11.9 Å². The van der Waals surface area contributed by atoms with Crippen LogP contribution in [0.4, 0.5) is 0 Å². The van der Waals surface area contributed by atoms with Crippen LogP contribution in [0.1, 0.15) is 71.6 Å². The Bertz CT molecular complexity index is 971. The molecule has 14 atom stereocenters. The number of aliphatic hydroxyl groups excluding tert-OH is 5. The fraction of sp³-hybridized carbons (Fsp3) is 0.935. The summed E-state index contributed by atoms with van der Waals surface area (Å²) < 4.78 is 30.5. The maximum atomic E-state index is 12.6. The van der Waals surface area contributed by atoms with Crippen molar-refractivity contribution in [3.63, 3.8) is 0 Å². The molecule has 15 nitrogen and oxygen atoms in total. The van der Waals surface area contributed by atoms with E-state index in [2.05, 4.69) is 5.32 Å². The first-order valence-corrected chi connectivity index (χ1v) is 16.7. The van der Waals surface area contributed by atoms with Crippen LogP contribution in [0.5, 0.6) is 0 Å². The van der Waals surface area contributed by atoms with E-state index in [-0.39, 0.29) is 24.9 Å². The molecule has 2 heterocycles. The SMILES string of the molecule is CC1O[C@@H](CO[C@@H]2C(C)CCC[C@H]2O[C@@H]2O[C@@H](CO)[C@H](O)C(O[C@@H](CC3CCCCC3)C(=O)O)C2NC(=O)CN)C(O)[C@@H](O)[C@@H]1O. The van der Waals surface area contributed by atoms with E-state index in [1.807, 2.05) is 6.92 Å². The van der Waals surface area contributed by atoms with Gasteiger partial charge in [0.15, 0.2) is 12.4 Å². The number of ether oxygens (including phenoxy) is 5. The van der Waals surface area contributed by atoms with Crippen molar-refractivity contribution in [1.82, 2.24) is 5.32 Å². The molecule has 2 saturated carbocycles. The fourth-order valence-electron chi connectivity index (χ4n) is 7.28. The van der Waals surface area contributed by atoms with Gasteiger partial charge in [-0.25, -0.2) is 4.79 Å². The number of aliphatic hydroxyl groups is 5. The van der Waals surface area contributed by atoms with E-state index >= 15 is 0 Å². The van der Waals surface area contributed by atoms with Crippen molar-refractivity contribution in [3.05, 3.63) is 0 Å². The lowest BCUT2D eigenvalue weighted by molar-refractivity contribution is -0.306. The normalized spacial score (nSPS) is 41.5. The Morgan fingerprint density at radius 1 is 0.891 bits per heavy atom. The summed E-state index contributed by atoms with van der Waals surface area (Å²) in [5.41, 5.74) is 5.60. The Morgan fingerprint density at radius 2 is 1.61 bits per heavy atom. The first kappa shape index (κ1) is 37.3. The van der Waals surface area contributed by atoms with Gasteiger partial charge in [0.2, 0.25) is 5.91 Å². The van der Waals surface area contributed by atoms with Gasteiger partial charge < -0.3 is 65.4 Å². The molecule has 4 fully saturated rings. The Morgan fingerprint density at radius 3 is 2.26 bits per heavy atom. The minimum atomic E-state index is -1.49. The number of carbonyl (C=O) groups excluding carboxylic acids is 1. The molecule has 2 aliphatic heterocycles. The molecule has 4 aliphatic rings. The average molecular weight is 663 g/mol. The summed E-state index contributed by atoms with van der Waals surface area (Å²) in [5, 5.41) is 64.9. The summed E-state index contributed by atoms with van der Waals surface area (Å²) in [6, 6.07) is -1.18. The second-order valence-electron chi connectivity index (χ2n) is 13.4. The quantitative estimate of drug-likeness (QED) is 0.115. The number of amides is 1. The molecule has 4 rings (SSSR count). The molecule has 0 spiro atoms. The number of hydrogen-bond donors (Lipinski definition) is 8. The van der Waals surface area contributed by atoms with Crippen LogP contribution in [0, 0.1) is 11.8 Å². The Balaban J connectivity index is 1.53. The molecule has 2 aliphatic carbocycles. The standard InChI is InChI=1S/C31H54N2O13/c1-15-7-6-10-18(28(15)42-14-21-25(37)27(39)24(36)16(2)43-21)45-31-23(33-22(35)12-32)29(26(38)20(13-34)46-31)44-19(30(40)41)11-17-8-4-3-5-9-17/h15-21,23-29,31,34,36-39H,3-14,32H2,1-2H3,(H,33,35)(H,40,41)/t15?,16?,18-,19+,20+,21+,23?,24-,25?,26+,27+,28-,29?,31-/m1/s1. The molecule has 266 valence electrons. The number of nitrogens with two attached hydrogens (primary N) is 1. The van der Waals surface area contributed by atoms with Gasteiger partial charge >= 0.3 is 5.97 Å². The van der Waals surface area contributed by atoms with Crippen LogP contribution in [-0.4, -0.2) is 142 Å².